The maximum Gasteiger partial charge on any atom is 0.257 e. The summed E-state index contributed by atoms with van der Waals surface area (Å²) in [7, 11) is 0. The molecule has 0 atom stereocenters. The fourth-order valence-electron chi connectivity index (χ4n) is 2.36. The van der Waals surface area contributed by atoms with Crippen LogP contribution in [0.3, 0.4) is 0 Å². The molecule has 0 unspecified atom stereocenters. The second-order valence-corrected chi connectivity index (χ2v) is 5.04. The number of amides is 2. The fourth-order valence-corrected chi connectivity index (χ4v) is 2.36. The average Bonchev–Trinajstić information content (AvgIpc) is 2.81. The molecule has 0 spiro atoms. The number of anilines is 2. The van der Waals surface area contributed by atoms with E-state index in [-0.39, 0.29) is 18.2 Å². The third-order valence-corrected chi connectivity index (χ3v) is 3.43. The molecule has 2 aromatic rings. The number of carbonyl (C=O) groups excluding carboxylic acids is 2. The lowest BCUT2D eigenvalue weighted by molar-refractivity contribution is -0.117. The first kappa shape index (κ1) is 13.9. The predicted octanol–water partition coefficient (Wildman–Crippen LogP) is 2.12. The number of nitrogens with two attached hydrogens (primary N) is 1. The normalized spacial score (nSPS) is 14.5. The van der Waals surface area contributed by atoms with Gasteiger partial charge in [0.05, 0.1) is 12.0 Å². The Morgan fingerprint density at radius 1 is 1.14 bits per heavy atom. The van der Waals surface area contributed by atoms with Gasteiger partial charge in [0.15, 0.2) is 0 Å². The number of carbonyl (C=O) groups is 2. The summed E-state index contributed by atoms with van der Waals surface area (Å²) in [5.41, 5.74) is 9.13. The quantitative estimate of drug-likeness (QED) is 0.755. The topological polar surface area (TPSA) is 84.2 Å². The minimum Gasteiger partial charge on any atom is -0.369 e. The van der Waals surface area contributed by atoms with Crippen LogP contribution in [0.1, 0.15) is 11.1 Å². The summed E-state index contributed by atoms with van der Waals surface area (Å²) in [6.45, 7) is 0. The van der Waals surface area contributed by atoms with E-state index >= 15 is 0 Å². The smallest absolute Gasteiger partial charge is 0.257 e. The Labute approximate surface area is 127 Å². The maximum absolute atomic E-state index is 12.0. The van der Waals surface area contributed by atoms with Crippen molar-refractivity contribution >= 4 is 28.8 Å². The van der Waals surface area contributed by atoms with E-state index in [1.165, 1.54) is 0 Å². The van der Waals surface area contributed by atoms with E-state index in [0.717, 1.165) is 22.5 Å². The molecule has 2 amide bonds. The van der Waals surface area contributed by atoms with Crippen LogP contribution < -0.4 is 16.4 Å². The molecule has 0 aliphatic carbocycles. The first-order valence-electron chi connectivity index (χ1n) is 6.88. The van der Waals surface area contributed by atoms with Gasteiger partial charge in [-0.1, -0.05) is 30.3 Å². The maximum atomic E-state index is 12.0. The minimum atomic E-state index is -0.359. The van der Waals surface area contributed by atoms with Crippen molar-refractivity contribution in [2.45, 2.75) is 6.42 Å². The summed E-state index contributed by atoms with van der Waals surface area (Å²) >= 11 is 0. The predicted molar refractivity (Wildman–Crippen MR) is 86.0 cm³/mol. The van der Waals surface area contributed by atoms with Crippen LogP contribution in [0.2, 0.25) is 0 Å². The minimum absolute atomic E-state index is 0.126. The summed E-state index contributed by atoms with van der Waals surface area (Å²) in [4.78, 5) is 22.8. The third-order valence-electron chi connectivity index (χ3n) is 3.43. The number of nitrogens with one attached hydrogen (secondary N) is 2. The molecule has 4 N–H and O–H groups in total. The Balaban J connectivity index is 1.77. The van der Waals surface area contributed by atoms with E-state index in [9.17, 15) is 9.59 Å². The Morgan fingerprint density at radius 3 is 2.59 bits per heavy atom. The first-order chi connectivity index (χ1) is 10.6. The van der Waals surface area contributed by atoms with Crippen LogP contribution in [0.15, 0.2) is 54.7 Å². The first-order valence-corrected chi connectivity index (χ1v) is 6.88. The molecule has 0 saturated carbocycles. The molecule has 2 aromatic carbocycles. The molecule has 0 radical (unpaired) electrons. The van der Waals surface area contributed by atoms with Gasteiger partial charge in [-0.05, 0) is 23.8 Å². The van der Waals surface area contributed by atoms with Crippen LogP contribution in [0.4, 0.5) is 11.4 Å². The van der Waals surface area contributed by atoms with Crippen molar-refractivity contribution in [3.05, 3.63) is 65.9 Å². The Hall–Kier alpha value is -3.08. The van der Waals surface area contributed by atoms with Crippen LogP contribution in [-0.2, 0) is 16.0 Å². The number of hydrogen-bond donors (Lipinski definition) is 3. The average molecular weight is 293 g/mol. The highest BCUT2D eigenvalue weighted by molar-refractivity contribution is 6.31. The lowest BCUT2D eigenvalue weighted by Crippen LogP contribution is -2.13. The summed E-state index contributed by atoms with van der Waals surface area (Å²) < 4.78 is 0. The van der Waals surface area contributed by atoms with Gasteiger partial charge in [-0.2, -0.15) is 0 Å². The van der Waals surface area contributed by atoms with Crippen molar-refractivity contribution in [1.82, 2.24) is 0 Å². The van der Waals surface area contributed by atoms with Crippen molar-refractivity contribution in [2.24, 2.45) is 5.73 Å². The van der Waals surface area contributed by atoms with Gasteiger partial charge in [0, 0.05) is 23.1 Å². The lowest BCUT2D eigenvalue weighted by Gasteiger charge is -2.04. The molecule has 0 fully saturated rings. The summed E-state index contributed by atoms with van der Waals surface area (Å²) in [6.07, 6.45) is 1.90. The standard InChI is InChI=1S/C17H15N3O2/c18-16(21)9-11-5-7-12(8-6-11)19-10-14-13-3-1-2-4-15(13)20-17(14)22/h1-8,10,19H,9H2,(H2,18,21)(H,20,22)/b14-10-. The molecule has 1 aliphatic heterocycles. The number of para-hydroxylation sites is 1. The molecule has 5 nitrogen and oxygen atoms in total. The van der Waals surface area contributed by atoms with E-state index in [2.05, 4.69) is 10.6 Å². The van der Waals surface area contributed by atoms with Gasteiger partial charge in [0.1, 0.15) is 0 Å². The van der Waals surface area contributed by atoms with Crippen molar-refractivity contribution in [3.8, 4) is 0 Å². The van der Waals surface area contributed by atoms with Gasteiger partial charge in [-0.15, -0.1) is 0 Å². The van der Waals surface area contributed by atoms with Gasteiger partial charge in [0.2, 0.25) is 5.91 Å². The molecular formula is C17H15N3O2. The van der Waals surface area contributed by atoms with Crippen LogP contribution >= 0.6 is 0 Å². The second kappa shape index (κ2) is 5.73. The Morgan fingerprint density at radius 2 is 1.86 bits per heavy atom. The number of hydrogen-bond acceptors (Lipinski definition) is 3. The Bertz CT molecular complexity index is 764. The Kier molecular flexibility index (Phi) is 3.62. The number of primary amides is 1. The van der Waals surface area contributed by atoms with Crippen molar-refractivity contribution in [2.75, 3.05) is 10.6 Å². The van der Waals surface area contributed by atoms with Crippen LogP contribution in [0.25, 0.3) is 5.57 Å². The van der Waals surface area contributed by atoms with Crippen molar-refractivity contribution < 1.29 is 9.59 Å². The van der Waals surface area contributed by atoms with E-state index in [0.29, 0.717) is 5.57 Å². The number of fused-ring (bicyclic) bond motifs is 1. The number of benzene rings is 2. The van der Waals surface area contributed by atoms with Crippen molar-refractivity contribution in [1.29, 1.82) is 0 Å². The molecule has 0 saturated heterocycles. The molecule has 3 rings (SSSR count). The lowest BCUT2D eigenvalue weighted by atomic mass is 10.1. The van der Waals surface area contributed by atoms with E-state index < -0.39 is 0 Å². The largest absolute Gasteiger partial charge is 0.369 e. The second-order valence-electron chi connectivity index (χ2n) is 5.04. The molecule has 1 heterocycles. The molecule has 110 valence electrons. The molecule has 5 heteroatoms. The fraction of sp³-hybridized carbons (Fsp3) is 0.0588. The van der Waals surface area contributed by atoms with Gasteiger partial charge in [0.25, 0.3) is 5.91 Å². The van der Waals surface area contributed by atoms with Crippen LogP contribution in [0, 0.1) is 0 Å². The molecule has 0 bridgehead atoms. The van der Waals surface area contributed by atoms with E-state index in [1.54, 1.807) is 6.20 Å². The zero-order valence-electron chi connectivity index (χ0n) is 11.8. The zero-order valence-corrected chi connectivity index (χ0v) is 11.8. The van der Waals surface area contributed by atoms with Crippen LogP contribution in [0.5, 0.6) is 0 Å². The summed E-state index contributed by atoms with van der Waals surface area (Å²) in [5.74, 6) is -0.485. The highest BCUT2D eigenvalue weighted by Gasteiger charge is 2.23. The van der Waals surface area contributed by atoms with Gasteiger partial charge in [-0.3, -0.25) is 9.59 Å². The highest BCUT2D eigenvalue weighted by atomic mass is 16.2. The van der Waals surface area contributed by atoms with Crippen LogP contribution in [-0.4, -0.2) is 11.8 Å². The summed E-state index contributed by atoms with van der Waals surface area (Å²) in [6, 6.07) is 14.9. The zero-order chi connectivity index (χ0) is 15.5. The van der Waals surface area contributed by atoms with Crippen molar-refractivity contribution in [3.63, 3.8) is 0 Å². The van der Waals surface area contributed by atoms with E-state index in [1.807, 2.05) is 48.5 Å². The van der Waals surface area contributed by atoms with Gasteiger partial charge < -0.3 is 16.4 Å². The SMILES string of the molecule is NC(=O)Cc1ccc(N/C=C2\C(=O)Nc3ccccc32)cc1. The number of rotatable bonds is 4. The summed E-state index contributed by atoms with van der Waals surface area (Å²) in [5, 5.41) is 5.92. The van der Waals surface area contributed by atoms with Gasteiger partial charge in [-0.25, -0.2) is 0 Å². The van der Waals surface area contributed by atoms with Gasteiger partial charge >= 0.3 is 0 Å². The molecule has 22 heavy (non-hydrogen) atoms. The highest BCUT2D eigenvalue weighted by Crippen LogP contribution is 2.31. The third kappa shape index (κ3) is 2.83. The molecular weight excluding hydrogens is 278 g/mol. The molecule has 0 aromatic heterocycles. The molecule has 1 aliphatic rings. The van der Waals surface area contributed by atoms with E-state index in [4.69, 9.17) is 5.73 Å². The monoisotopic (exact) mass is 293 g/mol.